The lowest BCUT2D eigenvalue weighted by Gasteiger charge is -2.17. The summed E-state index contributed by atoms with van der Waals surface area (Å²) in [5.41, 5.74) is 2.54. The first-order valence-corrected chi connectivity index (χ1v) is 5.95. The Labute approximate surface area is 92.1 Å². The van der Waals surface area contributed by atoms with Crippen LogP contribution in [-0.4, -0.2) is 5.11 Å². The molecule has 1 saturated carbocycles. The van der Waals surface area contributed by atoms with Crippen molar-refractivity contribution in [1.29, 1.82) is 0 Å². The van der Waals surface area contributed by atoms with E-state index in [1.165, 1.54) is 18.4 Å². The van der Waals surface area contributed by atoms with Crippen molar-refractivity contribution in [3.05, 3.63) is 35.4 Å². The number of benzene rings is 1. The fourth-order valence-corrected chi connectivity index (χ4v) is 2.15. The van der Waals surface area contributed by atoms with Gasteiger partial charge < -0.3 is 5.11 Å². The molecule has 0 heterocycles. The Balaban J connectivity index is 2.18. The maximum Gasteiger partial charge on any atom is 0.0795 e. The van der Waals surface area contributed by atoms with Gasteiger partial charge in [0.2, 0.25) is 0 Å². The predicted octanol–water partition coefficient (Wildman–Crippen LogP) is 3.64. The Kier molecular flexibility index (Phi) is 3.11. The molecule has 1 fully saturated rings. The van der Waals surface area contributed by atoms with Gasteiger partial charge in [0.1, 0.15) is 0 Å². The van der Waals surface area contributed by atoms with E-state index in [9.17, 15) is 5.11 Å². The van der Waals surface area contributed by atoms with Gasteiger partial charge in [0.15, 0.2) is 0 Å². The van der Waals surface area contributed by atoms with Crippen LogP contribution < -0.4 is 0 Å². The molecule has 1 N–H and O–H groups in total. The van der Waals surface area contributed by atoms with E-state index in [1.54, 1.807) is 0 Å². The number of aliphatic hydroxyl groups is 1. The lowest BCUT2D eigenvalue weighted by molar-refractivity contribution is 0.150. The van der Waals surface area contributed by atoms with E-state index in [4.69, 9.17) is 0 Å². The van der Waals surface area contributed by atoms with Gasteiger partial charge in [0, 0.05) is 0 Å². The van der Waals surface area contributed by atoms with Crippen LogP contribution in [0.4, 0.5) is 0 Å². The van der Waals surface area contributed by atoms with Crippen LogP contribution in [0.2, 0.25) is 0 Å². The van der Waals surface area contributed by atoms with Crippen LogP contribution in [0.5, 0.6) is 0 Å². The van der Waals surface area contributed by atoms with E-state index in [0.717, 1.165) is 17.9 Å². The third-order valence-corrected chi connectivity index (χ3v) is 3.07. The largest absolute Gasteiger partial charge is 0.388 e. The molecule has 0 bridgehead atoms. The van der Waals surface area contributed by atoms with Crippen molar-refractivity contribution in [1.82, 2.24) is 0 Å². The second-order valence-corrected chi connectivity index (χ2v) is 5.05. The minimum absolute atomic E-state index is 0.276. The highest BCUT2D eigenvalue weighted by molar-refractivity contribution is 5.34. The zero-order chi connectivity index (χ0) is 10.8. The van der Waals surface area contributed by atoms with Crippen LogP contribution >= 0.6 is 0 Å². The molecule has 0 radical (unpaired) electrons. The highest BCUT2D eigenvalue weighted by atomic mass is 16.3. The number of aliphatic hydroxyl groups excluding tert-OH is 1. The maximum atomic E-state index is 10.1. The fraction of sp³-hybridized carbons (Fsp3) is 0.571. The van der Waals surface area contributed by atoms with Crippen LogP contribution in [0.15, 0.2) is 24.3 Å². The van der Waals surface area contributed by atoms with Gasteiger partial charge in [-0.1, -0.05) is 38.1 Å². The fourth-order valence-electron chi connectivity index (χ4n) is 2.15. The molecule has 0 aliphatic heterocycles. The summed E-state index contributed by atoms with van der Waals surface area (Å²) in [5.74, 6) is 1.27. The highest BCUT2D eigenvalue weighted by Crippen LogP contribution is 2.43. The molecule has 1 nitrogen and oxygen atoms in total. The van der Waals surface area contributed by atoms with Crippen LogP contribution in [-0.2, 0) is 0 Å². The summed E-state index contributed by atoms with van der Waals surface area (Å²) in [4.78, 5) is 0. The highest BCUT2D eigenvalue weighted by Gasteiger charge is 2.27. The van der Waals surface area contributed by atoms with E-state index in [-0.39, 0.29) is 6.10 Å². The molecular weight excluding hydrogens is 184 g/mol. The van der Waals surface area contributed by atoms with Gasteiger partial charge in [0.05, 0.1) is 6.10 Å². The Morgan fingerprint density at radius 3 is 2.53 bits per heavy atom. The molecule has 1 atom stereocenters. The summed E-state index contributed by atoms with van der Waals surface area (Å²) >= 11 is 0. The van der Waals surface area contributed by atoms with Crippen LogP contribution in [0.1, 0.15) is 56.3 Å². The molecule has 0 spiro atoms. The van der Waals surface area contributed by atoms with Crippen LogP contribution in [0, 0.1) is 5.92 Å². The van der Waals surface area contributed by atoms with Gasteiger partial charge in [-0.25, -0.2) is 0 Å². The van der Waals surface area contributed by atoms with Crippen molar-refractivity contribution in [2.75, 3.05) is 0 Å². The van der Waals surface area contributed by atoms with Crippen molar-refractivity contribution in [3.8, 4) is 0 Å². The molecule has 82 valence electrons. The second-order valence-electron chi connectivity index (χ2n) is 5.05. The van der Waals surface area contributed by atoms with Crippen molar-refractivity contribution in [2.24, 2.45) is 5.92 Å². The first kappa shape index (κ1) is 10.7. The van der Waals surface area contributed by atoms with E-state index in [1.807, 2.05) is 6.07 Å². The third-order valence-electron chi connectivity index (χ3n) is 3.07. The smallest absolute Gasteiger partial charge is 0.0795 e. The Bertz CT molecular complexity index is 326. The summed E-state index contributed by atoms with van der Waals surface area (Å²) < 4.78 is 0. The second kappa shape index (κ2) is 4.36. The number of hydrogen-bond donors (Lipinski definition) is 1. The Hall–Kier alpha value is -0.820. The lowest BCUT2D eigenvalue weighted by Crippen LogP contribution is -2.04. The minimum atomic E-state index is -0.276. The molecule has 1 unspecified atom stereocenters. The average Bonchev–Trinajstić information content (AvgIpc) is 3.00. The van der Waals surface area contributed by atoms with Gasteiger partial charge in [0.25, 0.3) is 0 Å². The molecule has 1 aromatic carbocycles. The molecule has 2 rings (SSSR count). The molecule has 0 amide bonds. The van der Waals surface area contributed by atoms with E-state index in [0.29, 0.717) is 5.92 Å². The quantitative estimate of drug-likeness (QED) is 0.793. The van der Waals surface area contributed by atoms with Crippen molar-refractivity contribution in [3.63, 3.8) is 0 Å². The minimum Gasteiger partial charge on any atom is -0.388 e. The Morgan fingerprint density at radius 1 is 1.27 bits per heavy atom. The monoisotopic (exact) mass is 204 g/mol. The summed E-state index contributed by atoms with van der Waals surface area (Å²) in [7, 11) is 0. The molecule has 1 heteroatoms. The van der Waals surface area contributed by atoms with Gasteiger partial charge in [-0.05, 0) is 42.2 Å². The molecule has 1 aromatic rings. The summed E-state index contributed by atoms with van der Waals surface area (Å²) in [5, 5.41) is 10.1. The van der Waals surface area contributed by atoms with Gasteiger partial charge >= 0.3 is 0 Å². The van der Waals surface area contributed by atoms with Gasteiger partial charge in [-0.3, -0.25) is 0 Å². The molecule has 1 aliphatic rings. The molecule has 0 saturated heterocycles. The van der Waals surface area contributed by atoms with Gasteiger partial charge in [-0.2, -0.15) is 0 Å². The molecule has 1 aliphatic carbocycles. The van der Waals surface area contributed by atoms with Crippen LogP contribution in [0.3, 0.4) is 0 Å². The molecule has 15 heavy (non-hydrogen) atoms. The normalized spacial score (nSPS) is 18.1. The first-order chi connectivity index (χ1) is 7.18. The van der Waals surface area contributed by atoms with Crippen molar-refractivity contribution >= 4 is 0 Å². The van der Waals surface area contributed by atoms with E-state index in [2.05, 4.69) is 32.0 Å². The Morgan fingerprint density at radius 2 is 1.93 bits per heavy atom. The SMILES string of the molecule is CC(C)CC(O)c1ccccc1C1CC1. The summed E-state index contributed by atoms with van der Waals surface area (Å²) in [6, 6.07) is 8.38. The number of hydrogen-bond acceptors (Lipinski definition) is 1. The molecule has 0 aromatic heterocycles. The van der Waals surface area contributed by atoms with E-state index >= 15 is 0 Å². The predicted molar refractivity (Wildman–Crippen MR) is 62.8 cm³/mol. The summed E-state index contributed by atoms with van der Waals surface area (Å²) in [6.45, 7) is 4.31. The van der Waals surface area contributed by atoms with Gasteiger partial charge in [-0.15, -0.1) is 0 Å². The maximum absolute atomic E-state index is 10.1. The summed E-state index contributed by atoms with van der Waals surface area (Å²) in [6.07, 6.45) is 3.18. The zero-order valence-corrected chi connectivity index (χ0v) is 9.61. The van der Waals surface area contributed by atoms with Crippen LogP contribution in [0.25, 0.3) is 0 Å². The van der Waals surface area contributed by atoms with Crippen molar-refractivity contribution in [2.45, 2.75) is 45.1 Å². The lowest BCUT2D eigenvalue weighted by atomic mass is 9.94. The van der Waals surface area contributed by atoms with E-state index < -0.39 is 0 Å². The first-order valence-electron chi connectivity index (χ1n) is 5.95. The van der Waals surface area contributed by atoms with Crippen molar-refractivity contribution < 1.29 is 5.11 Å². The number of rotatable bonds is 4. The third kappa shape index (κ3) is 2.60. The molecular formula is C14H20O. The standard InChI is InChI=1S/C14H20O/c1-10(2)9-14(15)13-6-4-3-5-12(13)11-7-8-11/h3-6,10-11,14-15H,7-9H2,1-2H3. The average molecular weight is 204 g/mol. The zero-order valence-electron chi connectivity index (χ0n) is 9.61. The topological polar surface area (TPSA) is 20.2 Å².